The molecule has 0 aliphatic heterocycles. The topological polar surface area (TPSA) is 119 Å². The van der Waals surface area contributed by atoms with Gasteiger partial charge in [-0.25, -0.2) is 9.37 Å². The van der Waals surface area contributed by atoms with Gasteiger partial charge < -0.3 is 22.1 Å². The molecule has 2 heterocycles. The van der Waals surface area contributed by atoms with E-state index in [1.54, 1.807) is 19.3 Å². The summed E-state index contributed by atoms with van der Waals surface area (Å²) in [5.74, 6) is -1.37. The van der Waals surface area contributed by atoms with Gasteiger partial charge in [0.15, 0.2) is 11.6 Å². The molecule has 2 atom stereocenters. The van der Waals surface area contributed by atoms with Gasteiger partial charge in [-0.05, 0) is 31.5 Å². The lowest BCUT2D eigenvalue weighted by Gasteiger charge is -2.20. The van der Waals surface area contributed by atoms with E-state index >= 15 is 0 Å². The van der Waals surface area contributed by atoms with Gasteiger partial charge in [0, 0.05) is 23.8 Å². The van der Waals surface area contributed by atoms with Crippen molar-refractivity contribution in [2.75, 3.05) is 10.6 Å². The van der Waals surface area contributed by atoms with Crippen LogP contribution in [0.1, 0.15) is 24.2 Å². The van der Waals surface area contributed by atoms with Crippen molar-refractivity contribution in [3.05, 3.63) is 66.2 Å². The molecular formula is C21H23FN6O. The molecule has 2 aromatic heterocycles. The summed E-state index contributed by atoms with van der Waals surface area (Å²) in [5.41, 5.74) is 13.6. The molecule has 0 aliphatic rings. The number of nitrogens with one attached hydrogen (secondary N) is 2. The van der Waals surface area contributed by atoms with Gasteiger partial charge in [0.05, 0.1) is 17.4 Å². The van der Waals surface area contributed by atoms with Crippen molar-refractivity contribution in [1.29, 1.82) is 0 Å². The molecule has 6 N–H and O–H groups in total. The Kier molecular flexibility index (Phi) is 6.04. The van der Waals surface area contributed by atoms with E-state index in [2.05, 4.69) is 20.6 Å². The quantitative estimate of drug-likeness (QED) is 0.488. The first-order valence-corrected chi connectivity index (χ1v) is 9.15. The lowest BCUT2D eigenvalue weighted by Crippen LogP contribution is -2.35. The number of rotatable bonds is 7. The lowest BCUT2D eigenvalue weighted by molar-refractivity contribution is 0.100. The molecular weight excluding hydrogens is 371 g/mol. The van der Waals surface area contributed by atoms with Crippen molar-refractivity contribution in [2.45, 2.75) is 25.9 Å². The summed E-state index contributed by atoms with van der Waals surface area (Å²) in [7, 11) is 0. The fourth-order valence-corrected chi connectivity index (χ4v) is 2.65. The van der Waals surface area contributed by atoms with E-state index in [4.69, 9.17) is 11.5 Å². The van der Waals surface area contributed by atoms with Crippen LogP contribution in [0.15, 0.2) is 54.9 Å². The van der Waals surface area contributed by atoms with Crippen molar-refractivity contribution >= 4 is 23.2 Å². The number of halogens is 1. The fourth-order valence-electron chi connectivity index (χ4n) is 2.65. The number of benzene rings is 1. The van der Waals surface area contributed by atoms with Gasteiger partial charge >= 0.3 is 0 Å². The zero-order chi connectivity index (χ0) is 21.0. The van der Waals surface area contributed by atoms with Crippen LogP contribution in [0.25, 0.3) is 11.1 Å². The number of carbonyl (C=O) groups is 1. The largest absolute Gasteiger partial charge is 0.365 e. The fraction of sp³-hybridized carbons (Fsp3) is 0.190. The molecule has 150 valence electrons. The highest BCUT2D eigenvalue weighted by Gasteiger charge is 2.18. The average Bonchev–Trinajstić information content (AvgIpc) is 2.70. The Morgan fingerprint density at radius 3 is 2.45 bits per heavy atom. The summed E-state index contributed by atoms with van der Waals surface area (Å²) in [5, 5.41) is 5.94. The maximum Gasteiger partial charge on any atom is 0.252 e. The van der Waals surface area contributed by atoms with Crippen LogP contribution in [-0.2, 0) is 0 Å². The van der Waals surface area contributed by atoms with Crippen LogP contribution in [0.3, 0.4) is 0 Å². The third-order valence-corrected chi connectivity index (χ3v) is 4.50. The van der Waals surface area contributed by atoms with Crippen LogP contribution >= 0.6 is 0 Å². The number of pyridine rings is 2. The van der Waals surface area contributed by atoms with Gasteiger partial charge in [0.1, 0.15) is 5.82 Å². The summed E-state index contributed by atoms with van der Waals surface area (Å²) >= 11 is 0. The Hall–Kier alpha value is -3.52. The van der Waals surface area contributed by atoms with E-state index < -0.39 is 11.7 Å². The van der Waals surface area contributed by atoms with E-state index in [-0.39, 0.29) is 29.3 Å². The van der Waals surface area contributed by atoms with Crippen LogP contribution in [-0.4, -0.2) is 28.0 Å². The molecule has 0 unspecified atom stereocenters. The third kappa shape index (κ3) is 4.85. The highest BCUT2D eigenvalue weighted by Crippen LogP contribution is 2.26. The SMILES string of the molecule is C[C@H](Nc1nc(Nc2cncc(-c3ccccc3)c2)c(C(N)=O)cc1F)[C@@H](C)N. The number of amides is 1. The van der Waals surface area contributed by atoms with Crippen molar-refractivity contribution in [2.24, 2.45) is 11.5 Å². The Morgan fingerprint density at radius 2 is 1.79 bits per heavy atom. The van der Waals surface area contributed by atoms with Gasteiger partial charge in [-0.1, -0.05) is 30.3 Å². The molecule has 0 bridgehead atoms. The molecule has 0 aliphatic carbocycles. The second-order valence-electron chi connectivity index (χ2n) is 6.82. The minimum Gasteiger partial charge on any atom is -0.365 e. The van der Waals surface area contributed by atoms with E-state index in [9.17, 15) is 9.18 Å². The molecule has 3 aromatic rings. The molecule has 8 heteroatoms. The van der Waals surface area contributed by atoms with E-state index in [0.29, 0.717) is 5.69 Å². The zero-order valence-corrected chi connectivity index (χ0v) is 16.2. The number of aromatic nitrogens is 2. The normalized spacial score (nSPS) is 12.8. The number of hydrogen-bond donors (Lipinski definition) is 4. The van der Waals surface area contributed by atoms with Crippen LogP contribution < -0.4 is 22.1 Å². The Morgan fingerprint density at radius 1 is 1.07 bits per heavy atom. The first-order chi connectivity index (χ1) is 13.8. The monoisotopic (exact) mass is 394 g/mol. The van der Waals surface area contributed by atoms with Gasteiger partial charge in [0.2, 0.25) is 0 Å². The highest BCUT2D eigenvalue weighted by molar-refractivity contribution is 5.98. The third-order valence-electron chi connectivity index (χ3n) is 4.50. The predicted molar refractivity (Wildman–Crippen MR) is 112 cm³/mol. The number of nitrogens with two attached hydrogens (primary N) is 2. The second kappa shape index (κ2) is 8.66. The standard InChI is InChI=1S/C21H23FN6O/c1-12(23)13(2)26-21-18(22)9-17(19(24)29)20(28-21)27-16-8-15(10-25-11-16)14-6-4-3-5-7-14/h3-13H,23H2,1-2H3,(H2,24,29)(H2,26,27,28)/t12-,13+/m1/s1. The van der Waals surface area contributed by atoms with Crippen molar-refractivity contribution in [1.82, 2.24) is 9.97 Å². The van der Waals surface area contributed by atoms with Gasteiger partial charge in [-0.15, -0.1) is 0 Å². The van der Waals surface area contributed by atoms with Crippen LogP contribution in [0.5, 0.6) is 0 Å². The molecule has 0 fully saturated rings. The lowest BCUT2D eigenvalue weighted by atomic mass is 10.1. The number of nitrogens with zero attached hydrogens (tertiary/aromatic N) is 2. The molecule has 0 radical (unpaired) electrons. The van der Waals surface area contributed by atoms with E-state index in [0.717, 1.165) is 17.2 Å². The molecule has 1 amide bonds. The number of carbonyl (C=O) groups excluding carboxylic acids is 1. The molecule has 1 aromatic carbocycles. The maximum atomic E-state index is 14.4. The summed E-state index contributed by atoms with van der Waals surface area (Å²) in [6.45, 7) is 3.61. The van der Waals surface area contributed by atoms with Crippen molar-refractivity contribution in [3.8, 4) is 11.1 Å². The average molecular weight is 394 g/mol. The molecule has 7 nitrogen and oxygen atoms in total. The predicted octanol–water partition coefficient (Wildman–Crippen LogP) is 3.27. The Labute approximate surface area is 168 Å². The molecule has 29 heavy (non-hydrogen) atoms. The Balaban J connectivity index is 1.96. The summed E-state index contributed by atoms with van der Waals surface area (Å²) in [6.07, 6.45) is 3.31. The van der Waals surface area contributed by atoms with Crippen molar-refractivity contribution < 1.29 is 9.18 Å². The minimum absolute atomic E-state index is 0.0190. The number of primary amides is 1. The van der Waals surface area contributed by atoms with Crippen LogP contribution in [0.2, 0.25) is 0 Å². The summed E-state index contributed by atoms with van der Waals surface area (Å²) < 4.78 is 14.4. The zero-order valence-electron chi connectivity index (χ0n) is 16.2. The molecule has 0 saturated heterocycles. The Bertz CT molecular complexity index is 1010. The first kappa shape index (κ1) is 20.2. The minimum atomic E-state index is -0.794. The summed E-state index contributed by atoms with van der Waals surface area (Å²) in [4.78, 5) is 20.3. The maximum absolute atomic E-state index is 14.4. The molecule has 3 rings (SSSR count). The highest BCUT2D eigenvalue weighted by atomic mass is 19.1. The van der Waals surface area contributed by atoms with Crippen LogP contribution in [0.4, 0.5) is 21.7 Å². The number of anilines is 3. The van der Waals surface area contributed by atoms with Crippen LogP contribution in [0, 0.1) is 5.82 Å². The number of hydrogen-bond acceptors (Lipinski definition) is 6. The summed E-state index contributed by atoms with van der Waals surface area (Å²) in [6, 6.07) is 12.2. The van der Waals surface area contributed by atoms with E-state index in [1.165, 1.54) is 0 Å². The second-order valence-corrected chi connectivity index (χ2v) is 6.82. The molecule has 0 spiro atoms. The molecule has 0 saturated carbocycles. The van der Waals surface area contributed by atoms with Gasteiger partial charge in [-0.2, -0.15) is 0 Å². The van der Waals surface area contributed by atoms with E-state index in [1.807, 2.05) is 43.3 Å². The van der Waals surface area contributed by atoms with Gasteiger partial charge in [0.25, 0.3) is 5.91 Å². The first-order valence-electron chi connectivity index (χ1n) is 9.15. The smallest absolute Gasteiger partial charge is 0.252 e. The van der Waals surface area contributed by atoms with Gasteiger partial charge in [-0.3, -0.25) is 9.78 Å². The van der Waals surface area contributed by atoms with Crippen molar-refractivity contribution in [3.63, 3.8) is 0 Å².